The molecule has 1 N–H and O–H groups in total. The summed E-state index contributed by atoms with van der Waals surface area (Å²) in [6.45, 7) is 5.37. The Balaban J connectivity index is 3.04. The first kappa shape index (κ1) is 15.2. The average molecular weight is 273 g/mol. The van der Waals surface area contributed by atoms with Gasteiger partial charge in [-0.3, -0.25) is 4.68 Å². The summed E-state index contributed by atoms with van der Waals surface area (Å²) in [7, 11) is -1.04. The third kappa shape index (κ3) is 3.81. The van der Waals surface area contributed by atoms with E-state index >= 15 is 0 Å². The predicted octanol–water partition coefficient (Wildman–Crippen LogP) is 0.772. The molecular formula is C12H23N3O2S. The normalized spacial score (nSPS) is 12.0. The van der Waals surface area contributed by atoms with E-state index in [0.29, 0.717) is 6.54 Å². The number of sulfone groups is 1. The zero-order valence-corrected chi connectivity index (χ0v) is 12.5. The highest BCUT2D eigenvalue weighted by atomic mass is 32.2. The van der Waals surface area contributed by atoms with Crippen LogP contribution < -0.4 is 5.32 Å². The summed E-state index contributed by atoms with van der Waals surface area (Å²) >= 11 is 0. The Morgan fingerprint density at radius 2 is 1.94 bits per heavy atom. The predicted molar refractivity (Wildman–Crippen MR) is 73.5 cm³/mol. The smallest absolute Gasteiger partial charge is 0.149 e. The van der Waals surface area contributed by atoms with E-state index in [4.69, 9.17) is 0 Å². The minimum Gasteiger partial charge on any atom is -0.316 e. The summed E-state index contributed by atoms with van der Waals surface area (Å²) in [6, 6.07) is 0. The van der Waals surface area contributed by atoms with Gasteiger partial charge in [-0.2, -0.15) is 5.10 Å². The van der Waals surface area contributed by atoms with Crippen molar-refractivity contribution < 1.29 is 8.42 Å². The molecule has 1 rings (SSSR count). The Bertz CT molecular complexity index is 492. The highest BCUT2D eigenvalue weighted by Gasteiger charge is 2.15. The second kappa shape index (κ2) is 6.33. The van der Waals surface area contributed by atoms with Crippen LogP contribution in [0.3, 0.4) is 0 Å². The molecule has 0 saturated heterocycles. The van der Waals surface area contributed by atoms with Crippen LogP contribution in [0.15, 0.2) is 0 Å². The lowest BCUT2D eigenvalue weighted by Gasteiger charge is -2.07. The second-order valence-corrected chi connectivity index (χ2v) is 6.72. The van der Waals surface area contributed by atoms with Crippen LogP contribution in [0.1, 0.15) is 30.8 Å². The second-order valence-electron chi connectivity index (χ2n) is 4.46. The van der Waals surface area contributed by atoms with Crippen molar-refractivity contribution in [2.75, 3.05) is 19.1 Å². The number of hydrogen-bond donors (Lipinski definition) is 1. The third-order valence-corrected chi connectivity index (χ3v) is 3.87. The molecule has 0 spiro atoms. The first-order valence-electron chi connectivity index (χ1n) is 6.32. The number of hydrogen-bond acceptors (Lipinski definition) is 4. The van der Waals surface area contributed by atoms with E-state index < -0.39 is 9.84 Å². The maximum Gasteiger partial charge on any atom is 0.149 e. The lowest BCUT2D eigenvalue weighted by Crippen LogP contribution is -2.15. The maximum absolute atomic E-state index is 11.2. The Hall–Kier alpha value is -0.880. The van der Waals surface area contributed by atoms with E-state index in [1.54, 1.807) is 0 Å². The van der Waals surface area contributed by atoms with E-state index in [-0.39, 0.29) is 5.75 Å². The monoisotopic (exact) mass is 273 g/mol. The molecular weight excluding hydrogens is 250 g/mol. The van der Waals surface area contributed by atoms with Gasteiger partial charge in [-0.1, -0.05) is 13.8 Å². The molecule has 1 aromatic heterocycles. The first-order valence-corrected chi connectivity index (χ1v) is 8.38. The molecule has 0 unspecified atom stereocenters. The Labute approximate surface area is 109 Å². The fraction of sp³-hybridized carbons (Fsp3) is 0.750. The molecule has 18 heavy (non-hydrogen) atoms. The summed E-state index contributed by atoms with van der Waals surface area (Å²) in [5.74, 6) is 0.143. The highest BCUT2D eigenvalue weighted by Crippen LogP contribution is 2.16. The SMILES string of the molecule is CCc1nn(CCS(C)(=O)=O)c(CC)c1CNC. The maximum atomic E-state index is 11.2. The molecule has 1 aromatic rings. The van der Waals surface area contributed by atoms with Gasteiger partial charge in [0, 0.05) is 24.1 Å². The van der Waals surface area contributed by atoms with Crippen LogP contribution in [0, 0.1) is 0 Å². The Morgan fingerprint density at radius 1 is 1.28 bits per heavy atom. The van der Waals surface area contributed by atoms with Crippen LogP contribution in [0.25, 0.3) is 0 Å². The van der Waals surface area contributed by atoms with Crippen molar-refractivity contribution in [3.05, 3.63) is 17.0 Å². The first-order chi connectivity index (χ1) is 8.42. The van der Waals surface area contributed by atoms with Crippen LogP contribution in [0.2, 0.25) is 0 Å². The van der Waals surface area contributed by atoms with E-state index in [2.05, 4.69) is 24.3 Å². The van der Waals surface area contributed by atoms with Crippen LogP contribution in [-0.4, -0.2) is 37.3 Å². The highest BCUT2D eigenvalue weighted by molar-refractivity contribution is 7.90. The average Bonchev–Trinajstić information content (AvgIpc) is 2.63. The molecule has 0 radical (unpaired) electrons. The van der Waals surface area contributed by atoms with Crippen molar-refractivity contribution in [1.29, 1.82) is 0 Å². The molecule has 0 fully saturated rings. The van der Waals surface area contributed by atoms with Gasteiger partial charge in [-0.25, -0.2) is 8.42 Å². The van der Waals surface area contributed by atoms with E-state index in [0.717, 1.165) is 30.8 Å². The fourth-order valence-electron chi connectivity index (χ4n) is 2.09. The van der Waals surface area contributed by atoms with Gasteiger partial charge in [-0.15, -0.1) is 0 Å². The van der Waals surface area contributed by atoms with Crippen molar-refractivity contribution in [3.63, 3.8) is 0 Å². The van der Waals surface area contributed by atoms with Gasteiger partial charge in [0.05, 0.1) is 18.0 Å². The number of rotatable bonds is 7. The lowest BCUT2D eigenvalue weighted by atomic mass is 10.1. The van der Waals surface area contributed by atoms with Gasteiger partial charge >= 0.3 is 0 Å². The van der Waals surface area contributed by atoms with E-state index in [1.807, 2.05) is 11.7 Å². The van der Waals surface area contributed by atoms with Gasteiger partial charge < -0.3 is 5.32 Å². The van der Waals surface area contributed by atoms with E-state index in [9.17, 15) is 8.42 Å². The van der Waals surface area contributed by atoms with Gasteiger partial charge in [0.2, 0.25) is 0 Å². The fourth-order valence-corrected chi connectivity index (χ4v) is 2.59. The minimum absolute atomic E-state index is 0.143. The molecule has 0 aromatic carbocycles. The van der Waals surface area contributed by atoms with Crippen LogP contribution >= 0.6 is 0 Å². The van der Waals surface area contributed by atoms with Crippen LogP contribution in [0.4, 0.5) is 0 Å². The number of nitrogens with one attached hydrogen (secondary N) is 1. The quantitative estimate of drug-likeness (QED) is 0.797. The minimum atomic E-state index is -2.95. The molecule has 6 heteroatoms. The zero-order valence-electron chi connectivity index (χ0n) is 11.7. The molecule has 104 valence electrons. The molecule has 0 aliphatic rings. The van der Waals surface area contributed by atoms with Gasteiger partial charge in [0.15, 0.2) is 0 Å². The molecule has 0 atom stereocenters. The Morgan fingerprint density at radius 3 is 2.39 bits per heavy atom. The molecule has 0 aliphatic heterocycles. The van der Waals surface area contributed by atoms with Gasteiger partial charge in [-0.05, 0) is 19.9 Å². The molecule has 0 bridgehead atoms. The van der Waals surface area contributed by atoms with Crippen molar-refractivity contribution in [1.82, 2.24) is 15.1 Å². The van der Waals surface area contributed by atoms with Crippen LogP contribution in [-0.2, 0) is 35.8 Å². The van der Waals surface area contributed by atoms with E-state index in [1.165, 1.54) is 11.8 Å². The van der Waals surface area contributed by atoms with Gasteiger partial charge in [0.25, 0.3) is 0 Å². The zero-order chi connectivity index (χ0) is 13.8. The number of nitrogens with zero attached hydrogens (tertiary/aromatic N) is 2. The number of aryl methyl sites for hydroxylation is 2. The number of aromatic nitrogens is 2. The topological polar surface area (TPSA) is 64.0 Å². The standard InChI is InChI=1S/C12H23N3O2S/c1-5-11-10(9-13-3)12(6-2)15(14-11)7-8-18(4,16)17/h13H,5-9H2,1-4H3. The van der Waals surface area contributed by atoms with Gasteiger partial charge in [0.1, 0.15) is 9.84 Å². The molecule has 1 heterocycles. The summed E-state index contributed by atoms with van der Waals surface area (Å²) in [5, 5.41) is 7.68. The van der Waals surface area contributed by atoms with Crippen LogP contribution in [0.5, 0.6) is 0 Å². The third-order valence-electron chi connectivity index (χ3n) is 2.95. The summed E-state index contributed by atoms with van der Waals surface area (Å²) < 4.78 is 24.3. The van der Waals surface area contributed by atoms with Crippen molar-refractivity contribution in [3.8, 4) is 0 Å². The molecule has 0 aliphatic carbocycles. The van der Waals surface area contributed by atoms with Crippen molar-refractivity contribution in [2.24, 2.45) is 0 Å². The largest absolute Gasteiger partial charge is 0.316 e. The molecule has 0 amide bonds. The van der Waals surface area contributed by atoms with Crippen molar-refractivity contribution in [2.45, 2.75) is 39.8 Å². The molecule has 5 nitrogen and oxygen atoms in total. The Kier molecular flexibility index (Phi) is 5.34. The summed E-state index contributed by atoms with van der Waals surface area (Å²) in [5.41, 5.74) is 3.43. The summed E-state index contributed by atoms with van der Waals surface area (Å²) in [6.07, 6.45) is 3.00. The lowest BCUT2D eigenvalue weighted by molar-refractivity contribution is 0.576. The summed E-state index contributed by atoms with van der Waals surface area (Å²) in [4.78, 5) is 0. The van der Waals surface area contributed by atoms with Crippen molar-refractivity contribution >= 4 is 9.84 Å². The molecule has 0 saturated carbocycles.